The molecule has 7 unspecified atom stereocenters. The van der Waals surface area contributed by atoms with Gasteiger partial charge in [0, 0.05) is 0 Å². The minimum absolute atomic E-state index is 0.382. The van der Waals surface area contributed by atoms with Crippen LogP contribution < -0.4 is 0 Å². The van der Waals surface area contributed by atoms with E-state index in [2.05, 4.69) is 60.3 Å². The van der Waals surface area contributed by atoms with Gasteiger partial charge in [-0.05, 0) is 122 Å². The summed E-state index contributed by atoms with van der Waals surface area (Å²) >= 11 is 0. The van der Waals surface area contributed by atoms with Gasteiger partial charge in [-0.15, -0.1) is 0 Å². The maximum Gasteiger partial charge on any atom is -0.0141 e. The molecule has 0 saturated heterocycles. The van der Waals surface area contributed by atoms with E-state index >= 15 is 0 Å². The highest BCUT2D eigenvalue weighted by Gasteiger charge is 2.65. The zero-order valence-electron chi connectivity index (χ0n) is 20.2. The molecule has 0 aromatic rings. The molecule has 162 valence electrons. The van der Waals surface area contributed by atoms with Crippen molar-refractivity contribution in [2.75, 3.05) is 0 Å². The Kier molecular flexibility index (Phi) is 4.40. The third-order valence-electron chi connectivity index (χ3n) is 11.9. The number of allylic oxidation sites excluding steroid dienone is 3. The van der Waals surface area contributed by atoms with Crippen LogP contribution in [-0.4, -0.2) is 0 Å². The number of hydrogen-bond donors (Lipinski definition) is 0. The molecule has 9 atom stereocenters. The lowest BCUT2D eigenvalue weighted by Gasteiger charge is -2.68. The summed E-state index contributed by atoms with van der Waals surface area (Å²) in [6, 6.07) is 0. The van der Waals surface area contributed by atoms with Crippen LogP contribution in [0.5, 0.6) is 0 Å². The molecule has 0 spiro atoms. The highest BCUT2D eigenvalue weighted by atomic mass is 14.7. The van der Waals surface area contributed by atoms with Gasteiger partial charge >= 0.3 is 0 Å². The number of fused-ring (bicyclic) bond motifs is 7. The predicted molar refractivity (Wildman–Crippen MR) is 125 cm³/mol. The molecule has 5 aliphatic carbocycles. The van der Waals surface area contributed by atoms with Crippen LogP contribution in [0, 0.1) is 57.2 Å². The van der Waals surface area contributed by atoms with E-state index in [1.54, 1.807) is 0 Å². The minimum Gasteiger partial charge on any atom is -0.0998 e. The first-order valence-electron chi connectivity index (χ1n) is 12.9. The molecule has 0 amide bonds. The monoisotopic (exact) mass is 394 g/mol. The lowest BCUT2D eigenvalue weighted by Crippen LogP contribution is -2.60. The molecule has 4 fully saturated rings. The molecule has 5 rings (SSSR count). The Hall–Kier alpha value is -0.520. The summed E-state index contributed by atoms with van der Waals surface area (Å²) in [5.41, 5.74) is 3.55. The van der Waals surface area contributed by atoms with Crippen LogP contribution in [0.15, 0.2) is 24.3 Å². The van der Waals surface area contributed by atoms with Crippen molar-refractivity contribution in [3.8, 4) is 0 Å². The normalized spacial score (nSPS) is 55.4. The van der Waals surface area contributed by atoms with Crippen LogP contribution in [0.1, 0.15) is 99.3 Å². The van der Waals surface area contributed by atoms with Gasteiger partial charge in [-0.3, -0.25) is 0 Å². The first-order chi connectivity index (χ1) is 13.5. The molecule has 0 aromatic heterocycles. The summed E-state index contributed by atoms with van der Waals surface area (Å²) in [6.45, 7) is 19.9. The van der Waals surface area contributed by atoms with E-state index in [-0.39, 0.29) is 0 Å². The van der Waals surface area contributed by atoms with Crippen molar-refractivity contribution in [2.24, 2.45) is 57.2 Å². The summed E-state index contributed by atoms with van der Waals surface area (Å²) < 4.78 is 0. The Labute approximate surface area is 181 Å². The van der Waals surface area contributed by atoms with Gasteiger partial charge in [-0.25, -0.2) is 0 Å². The van der Waals surface area contributed by atoms with E-state index in [0.717, 1.165) is 35.5 Å². The van der Waals surface area contributed by atoms with Gasteiger partial charge in [0.05, 0.1) is 0 Å². The van der Waals surface area contributed by atoms with E-state index in [4.69, 9.17) is 0 Å². The molecule has 0 bridgehead atoms. The van der Waals surface area contributed by atoms with Gasteiger partial charge < -0.3 is 0 Å². The van der Waals surface area contributed by atoms with Crippen molar-refractivity contribution in [1.29, 1.82) is 0 Å². The average molecular weight is 395 g/mol. The molecule has 0 radical (unpaired) electrons. The standard InChI is InChI=1S/C29H46/c1-19(2)20-11-16-27(5)17-12-22-21(25(20)27)9-10-24-28(22,6)18-13-23-26(3,4)14-8-15-29(23,24)7/h8,14,20-25H,1,9-13,15-18H2,2-7H3/t20-,21?,22?,23?,24?,25+,27?,28?,29?/m0/s1. The van der Waals surface area contributed by atoms with E-state index in [0.29, 0.717) is 21.7 Å². The fourth-order valence-corrected chi connectivity index (χ4v) is 10.8. The Balaban J connectivity index is 1.51. The van der Waals surface area contributed by atoms with Crippen LogP contribution in [0.3, 0.4) is 0 Å². The quantitative estimate of drug-likeness (QED) is 0.391. The first kappa shape index (κ1) is 20.4. The van der Waals surface area contributed by atoms with Gasteiger partial charge in [-0.1, -0.05) is 58.9 Å². The summed E-state index contributed by atoms with van der Waals surface area (Å²) in [7, 11) is 0. The fraction of sp³-hybridized carbons (Fsp3) is 0.862. The Bertz CT molecular complexity index is 726. The third-order valence-corrected chi connectivity index (χ3v) is 11.9. The van der Waals surface area contributed by atoms with E-state index in [1.165, 1.54) is 63.4 Å². The van der Waals surface area contributed by atoms with Gasteiger partial charge in [-0.2, -0.15) is 0 Å². The summed E-state index contributed by atoms with van der Waals surface area (Å²) in [5.74, 6) is 5.45. The van der Waals surface area contributed by atoms with Crippen molar-refractivity contribution in [3.63, 3.8) is 0 Å². The van der Waals surface area contributed by atoms with Crippen molar-refractivity contribution in [2.45, 2.75) is 99.3 Å². The van der Waals surface area contributed by atoms with Crippen LogP contribution in [0.4, 0.5) is 0 Å². The summed E-state index contributed by atoms with van der Waals surface area (Å²) in [4.78, 5) is 0. The van der Waals surface area contributed by atoms with E-state index in [9.17, 15) is 0 Å². The molecule has 0 heterocycles. The molecule has 0 aromatic carbocycles. The zero-order valence-corrected chi connectivity index (χ0v) is 20.2. The van der Waals surface area contributed by atoms with Gasteiger partial charge in [0.2, 0.25) is 0 Å². The second-order valence-electron chi connectivity index (χ2n) is 13.6. The molecular formula is C29H46. The minimum atomic E-state index is 0.382. The summed E-state index contributed by atoms with van der Waals surface area (Å²) in [6.07, 6.45) is 18.2. The van der Waals surface area contributed by atoms with Crippen LogP contribution >= 0.6 is 0 Å². The van der Waals surface area contributed by atoms with Gasteiger partial charge in [0.25, 0.3) is 0 Å². The molecule has 5 aliphatic rings. The van der Waals surface area contributed by atoms with E-state index in [1.807, 2.05) is 0 Å². The fourth-order valence-electron chi connectivity index (χ4n) is 10.8. The van der Waals surface area contributed by atoms with Crippen LogP contribution in [0.2, 0.25) is 0 Å². The Morgan fingerprint density at radius 3 is 2.28 bits per heavy atom. The number of hydrogen-bond acceptors (Lipinski definition) is 0. The lowest BCUT2D eigenvalue weighted by atomic mass is 9.37. The van der Waals surface area contributed by atoms with E-state index < -0.39 is 0 Å². The first-order valence-corrected chi connectivity index (χ1v) is 12.9. The molecule has 0 aliphatic heterocycles. The highest BCUT2D eigenvalue weighted by molar-refractivity contribution is 5.20. The molecule has 0 nitrogen and oxygen atoms in total. The van der Waals surface area contributed by atoms with Gasteiger partial charge in [0.15, 0.2) is 0 Å². The largest absolute Gasteiger partial charge is 0.0998 e. The highest BCUT2D eigenvalue weighted by Crippen LogP contribution is 2.73. The van der Waals surface area contributed by atoms with Crippen LogP contribution in [0.25, 0.3) is 0 Å². The Morgan fingerprint density at radius 1 is 0.828 bits per heavy atom. The second kappa shape index (κ2) is 6.26. The summed E-state index contributed by atoms with van der Waals surface area (Å²) in [5, 5.41) is 0. The van der Waals surface area contributed by atoms with Crippen LogP contribution in [-0.2, 0) is 0 Å². The smallest absolute Gasteiger partial charge is 0.0141 e. The molecule has 4 saturated carbocycles. The van der Waals surface area contributed by atoms with Crippen molar-refractivity contribution in [1.82, 2.24) is 0 Å². The molecular weight excluding hydrogens is 348 g/mol. The van der Waals surface area contributed by atoms with Gasteiger partial charge in [0.1, 0.15) is 0 Å². The van der Waals surface area contributed by atoms with Crippen molar-refractivity contribution in [3.05, 3.63) is 24.3 Å². The van der Waals surface area contributed by atoms with Crippen molar-refractivity contribution < 1.29 is 0 Å². The third kappa shape index (κ3) is 2.62. The Morgan fingerprint density at radius 2 is 1.55 bits per heavy atom. The zero-order chi connectivity index (χ0) is 20.8. The maximum atomic E-state index is 4.47. The SMILES string of the molecule is C=C(C)[C@@H]1CCC2(C)CCC3C(CCC4C3(C)CCC3C(C)(C)C=CCC34C)[C@@H]12. The number of rotatable bonds is 1. The maximum absolute atomic E-state index is 4.47. The average Bonchev–Trinajstić information content (AvgIpc) is 2.98. The molecule has 29 heavy (non-hydrogen) atoms. The molecule has 0 N–H and O–H groups in total. The second-order valence-corrected chi connectivity index (χ2v) is 13.6. The van der Waals surface area contributed by atoms with Crippen molar-refractivity contribution >= 4 is 0 Å². The molecule has 0 heteroatoms. The predicted octanol–water partition coefficient (Wildman–Crippen LogP) is 8.44. The lowest BCUT2D eigenvalue weighted by molar-refractivity contribution is -0.180. The topological polar surface area (TPSA) is 0 Å².